The zero-order valence-corrected chi connectivity index (χ0v) is 19.0. The van der Waals surface area contributed by atoms with E-state index in [9.17, 15) is 13.2 Å². The maximum absolute atomic E-state index is 12.7. The molecule has 0 aliphatic carbocycles. The van der Waals surface area contributed by atoms with E-state index in [1.54, 1.807) is 24.3 Å². The molecule has 168 valence electrons. The van der Waals surface area contributed by atoms with Gasteiger partial charge in [-0.1, -0.05) is 24.3 Å². The monoisotopic (exact) mass is 446 g/mol. The summed E-state index contributed by atoms with van der Waals surface area (Å²) < 4.78 is 37.2. The minimum Gasteiger partial charge on any atom is -0.491 e. The van der Waals surface area contributed by atoms with Crippen LogP contribution in [0.5, 0.6) is 11.5 Å². The molecule has 1 aliphatic heterocycles. The number of anilines is 1. The van der Waals surface area contributed by atoms with E-state index < -0.39 is 16.1 Å². The van der Waals surface area contributed by atoms with Crippen LogP contribution in [0.2, 0.25) is 0 Å². The third kappa shape index (κ3) is 6.37. The number of carbonyl (C=O) groups excluding carboxylic acids is 1. The van der Waals surface area contributed by atoms with Crippen molar-refractivity contribution in [2.75, 3.05) is 23.7 Å². The van der Waals surface area contributed by atoms with Gasteiger partial charge in [-0.3, -0.25) is 9.10 Å². The number of aryl methyl sites for hydroxylation is 1. The minimum absolute atomic E-state index is 0.123. The third-order valence-electron chi connectivity index (χ3n) is 4.90. The van der Waals surface area contributed by atoms with Crippen LogP contribution in [-0.4, -0.2) is 45.9 Å². The summed E-state index contributed by atoms with van der Waals surface area (Å²) in [6.45, 7) is 4.68. The van der Waals surface area contributed by atoms with Crippen LogP contribution in [0.3, 0.4) is 0 Å². The molecule has 0 unspecified atom stereocenters. The Hall–Kier alpha value is -2.74. The number of nitrogens with zero attached hydrogens (tertiary/aromatic N) is 1. The zero-order chi connectivity index (χ0) is 22.4. The molecule has 0 radical (unpaired) electrons. The molecule has 1 heterocycles. The molecule has 2 aromatic carbocycles. The number of hydrogen-bond acceptors (Lipinski definition) is 5. The number of fused-ring (bicyclic) bond motifs is 1. The summed E-state index contributed by atoms with van der Waals surface area (Å²) in [6.07, 6.45) is 2.41. The van der Waals surface area contributed by atoms with Crippen LogP contribution in [0.15, 0.2) is 48.5 Å². The number of benzene rings is 2. The second-order valence-electron chi connectivity index (χ2n) is 7.91. The summed E-state index contributed by atoms with van der Waals surface area (Å²) in [5, 5.41) is 2.92. The first-order chi connectivity index (χ1) is 14.7. The minimum atomic E-state index is -3.46. The number of ether oxygens (including phenoxy) is 2. The highest BCUT2D eigenvalue weighted by Gasteiger charge is 2.30. The van der Waals surface area contributed by atoms with E-state index in [-0.39, 0.29) is 25.0 Å². The van der Waals surface area contributed by atoms with Crippen molar-refractivity contribution >= 4 is 21.6 Å². The van der Waals surface area contributed by atoms with Crippen molar-refractivity contribution in [1.82, 2.24) is 5.32 Å². The molecule has 7 nitrogen and oxygen atoms in total. The van der Waals surface area contributed by atoms with E-state index in [1.165, 1.54) is 4.31 Å². The fraction of sp³-hybridized carbons (Fsp3) is 0.435. The van der Waals surface area contributed by atoms with Crippen molar-refractivity contribution in [2.45, 2.75) is 45.3 Å². The largest absolute Gasteiger partial charge is 0.491 e. The molecule has 0 bridgehead atoms. The second kappa shape index (κ2) is 10.0. The first-order valence-corrected chi connectivity index (χ1v) is 12.4. The molecule has 31 heavy (non-hydrogen) atoms. The molecule has 8 heteroatoms. The Bertz CT molecular complexity index is 1010. The lowest BCUT2D eigenvalue weighted by Gasteiger charge is -2.20. The van der Waals surface area contributed by atoms with Gasteiger partial charge < -0.3 is 14.8 Å². The Kier molecular flexibility index (Phi) is 7.43. The van der Waals surface area contributed by atoms with Gasteiger partial charge in [0.2, 0.25) is 10.0 Å². The zero-order valence-electron chi connectivity index (χ0n) is 18.2. The lowest BCUT2D eigenvalue weighted by atomic mass is 10.1. The van der Waals surface area contributed by atoms with E-state index in [1.807, 2.05) is 38.1 Å². The number of sulfonamides is 1. The van der Waals surface area contributed by atoms with E-state index in [4.69, 9.17) is 9.47 Å². The van der Waals surface area contributed by atoms with Crippen molar-refractivity contribution < 1.29 is 22.7 Å². The summed E-state index contributed by atoms with van der Waals surface area (Å²) >= 11 is 0. The lowest BCUT2D eigenvalue weighted by Crippen LogP contribution is -2.40. The lowest BCUT2D eigenvalue weighted by molar-refractivity contribution is -0.128. The van der Waals surface area contributed by atoms with Gasteiger partial charge in [0.25, 0.3) is 5.91 Å². The highest BCUT2D eigenvalue weighted by atomic mass is 32.2. The first kappa shape index (κ1) is 22.9. The van der Waals surface area contributed by atoms with Crippen molar-refractivity contribution in [1.29, 1.82) is 0 Å². The number of nitrogens with one attached hydrogen (secondary N) is 1. The molecule has 1 amide bonds. The molecule has 1 aliphatic rings. The average Bonchev–Trinajstić information content (AvgIpc) is 2.90. The Morgan fingerprint density at radius 1 is 1.23 bits per heavy atom. The number of carbonyl (C=O) groups is 1. The van der Waals surface area contributed by atoms with Gasteiger partial charge >= 0.3 is 0 Å². The smallest absolute Gasteiger partial charge is 0.261 e. The second-order valence-corrected chi connectivity index (χ2v) is 9.81. The van der Waals surface area contributed by atoms with Crippen LogP contribution in [0, 0.1) is 0 Å². The normalized spacial score (nSPS) is 16.3. The van der Waals surface area contributed by atoms with E-state index in [2.05, 4.69) is 5.32 Å². The molecule has 1 N–H and O–H groups in total. The molecule has 0 aromatic heterocycles. The Morgan fingerprint density at radius 2 is 2.00 bits per heavy atom. The van der Waals surface area contributed by atoms with Crippen LogP contribution in [0.4, 0.5) is 5.69 Å². The fourth-order valence-corrected chi connectivity index (χ4v) is 4.47. The standard InChI is InChI=1S/C23H30N2O5S/c1-17(2)29-19-10-6-8-18(16-19)9-7-14-24-23(26)22-13-15-25(31(3,27)28)20-11-4-5-12-21(20)30-22/h4-6,8,10-12,16-17,22H,7,9,13-15H2,1-3H3,(H,24,26)/t22-/m1/s1. The van der Waals surface area contributed by atoms with Crippen molar-refractivity contribution in [3.05, 3.63) is 54.1 Å². The number of hydrogen-bond donors (Lipinski definition) is 1. The van der Waals surface area contributed by atoms with Gasteiger partial charge in [-0.15, -0.1) is 0 Å². The highest BCUT2D eigenvalue weighted by Crippen LogP contribution is 2.33. The summed E-state index contributed by atoms with van der Waals surface area (Å²) in [7, 11) is -3.46. The SMILES string of the molecule is CC(C)Oc1cccc(CCCNC(=O)[C@H]2CCN(S(C)(=O)=O)c3ccccc3O2)c1. The van der Waals surface area contributed by atoms with Gasteiger partial charge in [0.05, 0.1) is 18.0 Å². The maximum Gasteiger partial charge on any atom is 0.261 e. The molecular formula is C23H30N2O5S. The van der Waals surface area contributed by atoms with Gasteiger partial charge in [0.1, 0.15) is 11.5 Å². The van der Waals surface area contributed by atoms with Crippen molar-refractivity contribution in [3.63, 3.8) is 0 Å². The predicted octanol–water partition coefficient (Wildman–Crippen LogP) is 3.14. The van der Waals surface area contributed by atoms with Crippen LogP contribution >= 0.6 is 0 Å². The van der Waals surface area contributed by atoms with E-state index in [0.29, 0.717) is 18.0 Å². The molecule has 0 saturated carbocycles. The number of para-hydroxylation sites is 2. The number of rotatable bonds is 8. The summed E-state index contributed by atoms with van der Waals surface area (Å²) in [5.41, 5.74) is 1.61. The Balaban J connectivity index is 1.55. The molecule has 2 aromatic rings. The molecular weight excluding hydrogens is 416 g/mol. The van der Waals surface area contributed by atoms with Crippen LogP contribution < -0.4 is 19.1 Å². The third-order valence-corrected chi connectivity index (χ3v) is 6.08. The quantitative estimate of drug-likeness (QED) is 0.630. The Labute approximate surface area is 184 Å². The van der Waals surface area contributed by atoms with Crippen molar-refractivity contribution in [2.24, 2.45) is 0 Å². The van der Waals surface area contributed by atoms with Gasteiger partial charge in [-0.05, 0) is 56.5 Å². The van der Waals surface area contributed by atoms with Crippen LogP contribution in [0.25, 0.3) is 0 Å². The van der Waals surface area contributed by atoms with Gasteiger partial charge in [0, 0.05) is 19.5 Å². The predicted molar refractivity (Wildman–Crippen MR) is 121 cm³/mol. The van der Waals surface area contributed by atoms with Gasteiger partial charge in [-0.2, -0.15) is 0 Å². The molecule has 0 saturated heterocycles. The molecule has 1 atom stereocenters. The number of amides is 1. The topological polar surface area (TPSA) is 84.9 Å². The van der Waals surface area contributed by atoms with Gasteiger partial charge in [0.15, 0.2) is 6.10 Å². The maximum atomic E-state index is 12.7. The first-order valence-electron chi connectivity index (χ1n) is 10.5. The van der Waals surface area contributed by atoms with Crippen LogP contribution in [0.1, 0.15) is 32.3 Å². The fourth-order valence-electron chi connectivity index (χ4n) is 3.52. The summed E-state index contributed by atoms with van der Waals surface area (Å²) in [6, 6.07) is 14.9. The summed E-state index contributed by atoms with van der Waals surface area (Å²) in [4.78, 5) is 12.7. The van der Waals surface area contributed by atoms with E-state index >= 15 is 0 Å². The summed E-state index contributed by atoms with van der Waals surface area (Å²) in [5.74, 6) is 1.01. The van der Waals surface area contributed by atoms with Crippen LogP contribution in [-0.2, 0) is 21.2 Å². The van der Waals surface area contributed by atoms with E-state index in [0.717, 1.165) is 30.4 Å². The van der Waals surface area contributed by atoms with Gasteiger partial charge in [-0.25, -0.2) is 8.42 Å². The molecule has 0 spiro atoms. The molecule has 3 rings (SSSR count). The van der Waals surface area contributed by atoms with Crippen molar-refractivity contribution in [3.8, 4) is 11.5 Å². The average molecular weight is 447 g/mol. The Morgan fingerprint density at radius 3 is 2.74 bits per heavy atom. The molecule has 0 fully saturated rings. The highest BCUT2D eigenvalue weighted by molar-refractivity contribution is 7.92.